The van der Waals surface area contributed by atoms with E-state index in [4.69, 9.17) is 14.6 Å². The zero-order chi connectivity index (χ0) is 12.6. The van der Waals surface area contributed by atoms with Gasteiger partial charge in [-0.2, -0.15) is 0 Å². The minimum atomic E-state index is -1.57. The second-order valence-corrected chi connectivity index (χ2v) is 4.52. The third-order valence-corrected chi connectivity index (χ3v) is 3.17. The van der Waals surface area contributed by atoms with Gasteiger partial charge in [0.05, 0.1) is 4.47 Å². The van der Waals surface area contributed by atoms with E-state index in [1.54, 1.807) is 13.0 Å². The molecule has 0 saturated heterocycles. The summed E-state index contributed by atoms with van der Waals surface area (Å²) in [6.07, 6.45) is -1.57. The van der Waals surface area contributed by atoms with Crippen LogP contribution in [0.1, 0.15) is 17.2 Å². The van der Waals surface area contributed by atoms with Crippen molar-refractivity contribution in [1.82, 2.24) is 0 Å². The van der Waals surface area contributed by atoms with Gasteiger partial charge in [0, 0.05) is 5.56 Å². The van der Waals surface area contributed by atoms with E-state index < -0.39 is 12.1 Å². The number of aliphatic carboxylic acids is 1. The van der Waals surface area contributed by atoms with Crippen LogP contribution >= 0.6 is 15.9 Å². The SMILES string of the molecule is Cc1c(C(O)C(=O)O)cc(Br)c2c1OCCO2. The Labute approximate surface area is 106 Å². The summed E-state index contributed by atoms with van der Waals surface area (Å²) in [5.41, 5.74) is 0.881. The Bertz CT molecular complexity index is 471. The van der Waals surface area contributed by atoms with Crippen LogP contribution in [0.3, 0.4) is 0 Å². The molecule has 0 radical (unpaired) electrons. The van der Waals surface area contributed by atoms with Crippen LogP contribution in [0, 0.1) is 6.92 Å². The van der Waals surface area contributed by atoms with Crippen molar-refractivity contribution in [1.29, 1.82) is 0 Å². The molecule has 17 heavy (non-hydrogen) atoms. The minimum Gasteiger partial charge on any atom is -0.486 e. The number of aliphatic hydroxyl groups is 1. The van der Waals surface area contributed by atoms with Gasteiger partial charge in [-0.3, -0.25) is 0 Å². The number of carboxylic acids is 1. The maximum Gasteiger partial charge on any atom is 0.337 e. The smallest absolute Gasteiger partial charge is 0.337 e. The quantitative estimate of drug-likeness (QED) is 0.869. The number of carboxylic acid groups (broad SMARTS) is 1. The summed E-state index contributed by atoms with van der Waals surface area (Å²) in [5, 5.41) is 18.4. The Morgan fingerprint density at radius 3 is 2.59 bits per heavy atom. The number of rotatable bonds is 2. The molecule has 0 bridgehead atoms. The lowest BCUT2D eigenvalue weighted by Gasteiger charge is -2.23. The number of benzene rings is 1. The summed E-state index contributed by atoms with van der Waals surface area (Å²) < 4.78 is 11.5. The van der Waals surface area contributed by atoms with Crippen molar-refractivity contribution in [2.45, 2.75) is 13.0 Å². The molecule has 1 heterocycles. The van der Waals surface area contributed by atoms with Gasteiger partial charge < -0.3 is 19.7 Å². The number of ether oxygens (including phenoxy) is 2. The van der Waals surface area contributed by atoms with Crippen LogP contribution in [-0.4, -0.2) is 29.4 Å². The fourth-order valence-corrected chi connectivity index (χ4v) is 2.27. The van der Waals surface area contributed by atoms with Crippen LogP contribution in [0.5, 0.6) is 11.5 Å². The molecule has 2 rings (SSSR count). The lowest BCUT2D eigenvalue weighted by molar-refractivity contribution is -0.147. The Morgan fingerprint density at radius 1 is 1.41 bits per heavy atom. The van der Waals surface area contributed by atoms with Crippen molar-refractivity contribution in [3.05, 3.63) is 21.7 Å². The molecule has 1 atom stereocenters. The molecule has 1 aliphatic heterocycles. The van der Waals surface area contributed by atoms with E-state index in [1.165, 1.54) is 0 Å². The monoisotopic (exact) mass is 302 g/mol. The Morgan fingerprint density at radius 2 is 2.00 bits per heavy atom. The largest absolute Gasteiger partial charge is 0.486 e. The third-order valence-electron chi connectivity index (χ3n) is 2.58. The first-order valence-corrected chi connectivity index (χ1v) is 5.81. The van der Waals surface area contributed by atoms with E-state index in [1.807, 2.05) is 0 Å². The van der Waals surface area contributed by atoms with Gasteiger partial charge in [-0.25, -0.2) is 4.79 Å². The van der Waals surface area contributed by atoms with Gasteiger partial charge in [0.25, 0.3) is 0 Å². The molecule has 0 spiro atoms. The summed E-state index contributed by atoms with van der Waals surface area (Å²) in [7, 11) is 0. The molecule has 1 unspecified atom stereocenters. The molecule has 6 heteroatoms. The second kappa shape index (κ2) is 4.54. The number of aliphatic hydroxyl groups excluding tert-OH is 1. The third kappa shape index (κ3) is 2.10. The first-order valence-electron chi connectivity index (χ1n) is 5.02. The van der Waals surface area contributed by atoms with E-state index in [0.29, 0.717) is 40.3 Å². The minimum absolute atomic E-state index is 0.300. The average Bonchev–Trinajstić information content (AvgIpc) is 2.33. The van der Waals surface area contributed by atoms with E-state index >= 15 is 0 Å². The second-order valence-electron chi connectivity index (χ2n) is 3.67. The molecule has 1 aromatic carbocycles. The Hall–Kier alpha value is -1.27. The molecule has 0 saturated carbocycles. The van der Waals surface area contributed by atoms with Crippen molar-refractivity contribution in [3.63, 3.8) is 0 Å². The zero-order valence-corrected chi connectivity index (χ0v) is 10.7. The van der Waals surface area contributed by atoms with Crippen LogP contribution in [0.2, 0.25) is 0 Å². The van der Waals surface area contributed by atoms with E-state index in [-0.39, 0.29) is 0 Å². The average molecular weight is 303 g/mol. The topological polar surface area (TPSA) is 76.0 Å². The molecule has 0 fully saturated rings. The van der Waals surface area contributed by atoms with Gasteiger partial charge in [-0.05, 0) is 34.5 Å². The van der Waals surface area contributed by atoms with Crippen LogP contribution in [0.15, 0.2) is 10.5 Å². The highest BCUT2D eigenvalue weighted by atomic mass is 79.9. The van der Waals surface area contributed by atoms with Gasteiger partial charge in [-0.1, -0.05) is 0 Å². The van der Waals surface area contributed by atoms with Crippen LogP contribution in [0.4, 0.5) is 0 Å². The zero-order valence-electron chi connectivity index (χ0n) is 9.07. The lowest BCUT2D eigenvalue weighted by atomic mass is 10.0. The predicted molar refractivity (Wildman–Crippen MR) is 62.5 cm³/mol. The van der Waals surface area contributed by atoms with Gasteiger partial charge in [-0.15, -0.1) is 0 Å². The summed E-state index contributed by atoms with van der Waals surface area (Å²) in [5.74, 6) is -0.257. The fourth-order valence-electron chi connectivity index (χ4n) is 1.73. The van der Waals surface area contributed by atoms with E-state index in [2.05, 4.69) is 15.9 Å². The molecule has 1 aliphatic rings. The molecule has 92 valence electrons. The van der Waals surface area contributed by atoms with E-state index in [9.17, 15) is 9.90 Å². The molecule has 0 aromatic heterocycles. The van der Waals surface area contributed by atoms with Crippen molar-refractivity contribution >= 4 is 21.9 Å². The molecule has 5 nitrogen and oxygen atoms in total. The Kier molecular flexibility index (Phi) is 3.26. The highest BCUT2D eigenvalue weighted by Crippen LogP contribution is 2.43. The Balaban J connectivity index is 2.56. The number of hydrogen-bond acceptors (Lipinski definition) is 4. The van der Waals surface area contributed by atoms with Crippen LogP contribution in [-0.2, 0) is 4.79 Å². The summed E-state index contributed by atoms with van der Waals surface area (Å²) >= 11 is 3.28. The molecule has 2 N–H and O–H groups in total. The normalized spacial score (nSPS) is 15.5. The maximum atomic E-state index is 10.8. The number of halogens is 1. The fraction of sp³-hybridized carbons (Fsp3) is 0.364. The highest BCUT2D eigenvalue weighted by molar-refractivity contribution is 9.10. The standard InChI is InChI=1S/C11H11BrO5/c1-5-6(8(13)11(14)15)4-7(12)10-9(5)16-2-3-17-10/h4,8,13H,2-3H2,1H3,(H,14,15). The van der Waals surface area contributed by atoms with Crippen LogP contribution in [0.25, 0.3) is 0 Å². The number of carbonyl (C=O) groups is 1. The molecule has 0 amide bonds. The molecule has 1 aromatic rings. The van der Waals surface area contributed by atoms with Crippen molar-refractivity contribution in [2.24, 2.45) is 0 Å². The van der Waals surface area contributed by atoms with Crippen LogP contribution < -0.4 is 9.47 Å². The van der Waals surface area contributed by atoms with E-state index in [0.717, 1.165) is 0 Å². The maximum absolute atomic E-state index is 10.8. The summed E-state index contributed by atoms with van der Waals surface area (Å²) in [4.78, 5) is 10.8. The van der Waals surface area contributed by atoms with Crippen molar-refractivity contribution in [2.75, 3.05) is 13.2 Å². The number of fused-ring (bicyclic) bond motifs is 1. The predicted octanol–water partition coefficient (Wildman–Crippen LogP) is 1.65. The lowest BCUT2D eigenvalue weighted by Crippen LogP contribution is -2.19. The first kappa shape index (κ1) is 12.2. The van der Waals surface area contributed by atoms with Crippen molar-refractivity contribution in [3.8, 4) is 11.5 Å². The number of hydrogen-bond donors (Lipinski definition) is 2. The van der Waals surface area contributed by atoms with Gasteiger partial charge >= 0.3 is 5.97 Å². The first-order chi connectivity index (χ1) is 8.02. The van der Waals surface area contributed by atoms with Crippen molar-refractivity contribution < 1.29 is 24.5 Å². The molecular formula is C11H11BrO5. The summed E-state index contributed by atoms with van der Waals surface area (Å²) in [6, 6.07) is 1.54. The van der Waals surface area contributed by atoms with Gasteiger partial charge in [0.1, 0.15) is 13.2 Å². The molecule has 0 aliphatic carbocycles. The van der Waals surface area contributed by atoms with Gasteiger partial charge in [0.2, 0.25) is 0 Å². The molecular weight excluding hydrogens is 292 g/mol. The highest BCUT2D eigenvalue weighted by Gasteiger charge is 2.26. The van der Waals surface area contributed by atoms with Gasteiger partial charge in [0.15, 0.2) is 17.6 Å². The summed E-state index contributed by atoms with van der Waals surface area (Å²) in [6.45, 7) is 2.56.